The number of aromatic amines is 1. The van der Waals surface area contributed by atoms with E-state index in [1.54, 1.807) is 4.68 Å². The van der Waals surface area contributed by atoms with E-state index in [9.17, 15) is 4.79 Å². The molecule has 1 saturated heterocycles. The minimum Gasteiger partial charge on any atom is -0.340 e. The van der Waals surface area contributed by atoms with E-state index in [-0.39, 0.29) is 11.9 Å². The van der Waals surface area contributed by atoms with Crippen molar-refractivity contribution in [1.82, 2.24) is 24.6 Å². The first-order valence-electron chi connectivity index (χ1n) is 10.00. The lowest BCUT2D eigenvalue weighted by Gasteiger charge is -2.34. The molecule has 0 bridgehead atoms. The zero-order valence-corrected chi connectivity index (χ0v) is 16.7. The van der Waals surface area contributed by atoms with Crippen molar-refractivity contribution in [2.75, 3.05) is 6.54 Å². The fourth-order valence-electron chi connectivity index (χ4n) is 3.85. The number of aromatic nitrogens is 4. The molecule has 3 heterocycles. The lowest BCUT2D eigenvalue weighted by atomic mass is 10.0. The van der Waals surface area contributed by atoms with Gasteiger partial charge in [0.2, 0.25) is 0 Å². The van der Waals surface area contributed by atoms with E-state index in [0.29, 0.717) is 11.6 Å². The van der Waals surface area contributed by atoms with Crippen LogP contribution in [-0.4, -0.2) is 37.1 Å². The molecule has 4 rings (SSSR count). The molecule has 0 saturated carbocycles. The summed E-state index contributed by atoms with van der Waals surface area (Å²) in [5, 5.41) is 4.51. The largest absolute Gasteiger partial charge is 0.340 e. The normalized spacial score (nSPS) is 17.3. The van der Waals surface area contributed by atoms with Crippen molar-refractivity contribution < 1.29 is 4.79 Å². The summed E-state index contributed by atoms with van der Waals surface area (Å²) in [6.45, 7) is 4.93. The van der Waals surface area contributed by atoms with Crippen LogP contribution in [0.2, 0.25) is 0 Å². The number of benzene rings is 1. The van der Waals surface area contributed by atoms with E-state index in [1.807, 2.05) is 42.4 Å². The SMILES string of the molecule is CC(C)c1cc(C(=O)N2CCCCC2c2ncc(-c3ccccc3)[nH]2)n(C)n1. The molecular formula is C22H27N5O. The number of nitrogens with zero attached hydrogens (tertiary/aromatic N) is 4. The topological polar surface area (TPSA) is 66.8 Å². The standard InChI is InChI=1S/C22H27N5O/c1-15(2)17-13-20(26(3)25-17)22(28)27-12-8-7-11-19(27)21-23-14-18(24-21)16-9-5-4-6-10-16/h4-6,9-10,13-15,19H,7-8,11-12H2,1-3H3,(H,23,24). The van der Waals surface area contributed by atoms with Crippen LogP contribution in [-0.2, 0) is 7.05 Å². The molecule has 3 aromatic rings. The highest BCUT2D eigenvalue weighted by molar-refractivity contribution is 5.93. The van der Waals surface area contributed by atoms with Gasteiger partial charge in [0.05, 0.1) is 23.6 Å². The number of imidazole rings is 1. The molecule has 0 spiro atoms. The van der Waals surface area contributed by atoms with E-state index >= 15 is 0 Å². The van der Waals surface area contributed by atoms with Crippen LogP contribution in [0.4, 0.5) is 0 Å². The fraction of sp³-hybridized carbons (Fsp3) is 0.409. The van der Waals surface area contributed by atoms with Crippen LogP contribution >= 0.6 is 0 Å². The summed E-state index contributed by atoms with van der Waals surface area (Å²) in [5.41, 5.74) is 3.67. The van der Waals surface area contributed by atoms with Crippen LogP contribution in [0.15, 0.2) is 42.6 Å². The van der Waals surface area contributed by atoms with Crippen molar-refractivity contribution in [2.45, 2.75) is 45.1 Å². The number of carbonyl (C=O) groups excluding carboxylic acids is 1. The van der Waals surface area contributed by atoms with Crippen LogP contribution < -0.4 is 0 Å². The molecule has 146 valence electrons. The van der Waals surface area contributed by atoms with Crippen LogP contribution in [0.5, 0.6) is 0 Å². The van der Waals surface area contributed by atoms with Gasteiger partial charge in [-0.15, -0.1) is 0 Å². The number of piperidine rings is 1. The second kappa shape index (κ2) is 7.62. The predicted octanol–water partition coefficient (Wildman–Crippen LogP) is 4.30. The summed E-state index contributed by atoms with van der Waals surface area (Å²) >= 11 is 0. The van der Waals surface area contributed by atoms with Gasteiger partial charge >= 0.3 is 0 Å². The summed E-state index contributed by atoms with van der Waals surface area (Å²) < 4.78 is 1.71. The van der Waals surface area contributed by atoms with Gasteiger partial charge in [0.25, 0.3) is 5.91 Å². The lowest BCUT2D eigenvalue weighted by Crippen LogP contribution is -2.39. The maximum Gasteiger partial charge on any atom is 0.272 e. The van der Waals surface area contributed by atoms with E-state index < -0.39 is 0 Å². The highest BCUT2D eigenvalue weighted by Gasteiger charge is 2.32. The van der Waals surface area contributed by atoms with Gasteiger partial charge in [-0.1, -0.05) is 44.2 Å². The maximum atomic E-state index is 13.3. The highest BCUT2D eigenvalue weighted by Crippen LogP contribution is 2.32. The Kier molecular flexibility index (Phi) is 5.03. The van der Waals surface area contributed by atoms with Crippen LogP contribution in [0.3, 0.4) is 0 Å². The van der Waals surface area contributed by atoms with Gasteiger partial charge in [-0.2, -0.15) is 5.10 Å². The Hall–Kier alpha value is -2.89. The fourth-order valence-corrected chi connectivity index (χ4v) is 3.85. The summed E-state index contributed by atoms with van der Waals surface area (Å²) in [6, 6.07) is 12.0. The van der Waals surface area contributed by atoms with Crippen LogP contribution in [0.1, 0.15) is 67.1 Å². The molecule has 1 aliphatic rings. The first kappa shape index (κ1) is 18.5. The summed E-state index contributed by atoms with van der Waals surface area (Å²) in [4.78, 5) is 23.4. The van der Waals surface area contributed by atoms with Crippen LogP contribution in [0, 0.1) is 0 Å². The molecule has 1 amide bonds. The smallest absolute Gasteiger partial charge is 0.272 e. The number of amides is 1. The Bertz CT molecular complexity index is 956. The van der Waals surface area contributed by atoms with Gasteiger partial charge in [0, 0.05) is 13.6 Å². The van der Waals surface area contributed by atoms with Crippen molar-refractivity contribution in [1.29, 1.82) is 0 Å². The van der Waals surface area contributed by atoms with Gasteiger partial charge in [-0.05, 0) is 36.8 Å². The Balaban J connectivity index is 1.62. The van der Waals surface area contributed by atoms with Crippen molar-refractivity contribution in [3.8, 4) is 11.3 Å². The van der Waals surface area contributed by atoms with Gasteiger partial charge in [0.1, 0.15) is 11.5 Å². The van der Waals surface area contributed by atoms with E-state index in [1.165, 1.54) is 0 Å². The first-order chi connectivity index (χ1) is 13.5. The molecule has 1 atom stereocenters. The zero-order valence-electron chi connectivity index (χ0n) is 16.7. The number of nitrogens with one attached hydrogen (secondary N) is 1. The molecule has 0 aliphatic carbocycles. The third-order valence-corrected chi connectivity index (χ3v) is 5.47. The molecular weight excluding hydrogens is 350 g/mol. The monoisotopic (exact) mass is 377 g/mol. The Morgan fingerprint density at radius 3 is 2.71 bits per heavy atom. The summed E-state index contributed by atoms with van der Waals surface area (Å²) in [7, 11) is 1.85. The van der Waals surface area contributed by atoms with Gasteiger partial charge in [0.15, 0.2) is 0 Å². The van der Waals surface area contributed by atoms with E-state index in [4.69, 9.17) is 0 Å². The Morgan fingerprint density at radius 2 is 2.00 bits per heavy atom. The minimum atomic E-state index is -0.0314. The number of aryl methyl sites for hydroxylation is 1. The molecule has 1 aliphatic heterocycles. The minimum absolute atomic E-state index is 0.0314. The van der Waals surface area contributed by atoms with Crippen LogP contribution in [0.25, 0.3) is 11.3 Å². The Morgan fingerprint density at radius 1 is 1.21 bits per heavy atom. The zero-order chi connectivity index (χ0) is 19.7. The van der Waals surface area contributed by atoms with Gasteiger partial charge < -0.3 is 9.88 Å². The first-order valence-corrected chi connectivity index (χ1v) is 10.00. The molecule has 1 fully saturated rings. The van der Waals surface area contributed by atoms with Gasteiger partial charge in [-0.3, -0.25) is 9.48 Å². The third-order valence-electron chi connectivity index (χ3n) is 5.47. The second-order valence-corrected chi connectivity index (χ2v) is 7.79. The highest BCUT2D eigenvalue weighted by atomic mass is 16.2. The molecule has 1 unspecified atom stereocenters. The van der Waals surface area contributed by atoms with Crippen molar-refractivity contribution in [3.63, 3.8) is 0 Å². The number of rotatable bonds is 4. The average Bonchev–Trinajstić information content (AvgIpc) is 3.35. The number of H-pyrrole nitrogens is 1. The predicted molar refractivity (Wildman–Crippen MR) is 109 cm³/mol. The number of carbonyl (C=O) groups is 1. The Labute approximate surface area is 165 Å². The lowest BCUT2D eigenvalue weighted by molar-refractivity contribution is 0.0589. The van der Waals surface area contributed by atoms with Crippen molar-refractivity contribution in [3.05, 3.63) is 59.8 Å². The van der Waals surface area contributed by atoms with Gasteiger partial charge in [-0.25, -0.2) is 4.98 Å². The van der Waals surface area contributed by atoms with E-state index in [0.717, 1.165) is 48.6 Å². The summed E-state index contributed by atoms with van der Waals surface area (Å²) in [6.07, 6.45) is 4.90. The third kappa shape index (κ3) is 3.46. The molecule has 1 aromatic carbocycles. The summed E-state index contributed by atoms with van der Waals surface area (Å²) in [5.74, 6) is 1.19. The molecule has 2 aromatic heterocycles. The number of likely N-dealkylation sites (tertiary alicyclic amines) is 1. The quantitative estimate of drug-likeness (QED) is 0.737. The molecule has 1 N–H and O–H groups in total. The number of hydrogen-bond acceptors (Lipinski definition) is 3. The molecule has 28 heavy (non-hydrogen) atoms. The molecule has 6 nitrogen and oxygen atoms in total. The maximum absolute atomic E-state index is 13.3. The average molecular weight is 377 g/mol. The second-order valence-electron chi connectivity index (χ2n) is 7.79. The van der Waals surface area contributed by atoms with Crippen molar-refractivity contribution >= 4 is 5.91 Å². The number of hydrogen-bond donors (Lipinski definition) is 1. The molecule has 6 heteroatoms. The van der Waals surface area contributed by atoms with E-state index in [2.05, 4.69) is 41.0 Å². The van der Waals surface area contributed by atoms with Crippen molar-refractivity contribution in [2.24, 2.45) is 7.05 Å². The molecule has 0 radical (unpaired) electrons.